The number of ether oxygens (including phenoxy) is 1. The van der Waals surface area contributed by atoms with E-state index in [0.717, 1.165) is 45.1 Å². The number of rotatable bonds is 6. The summed E-state index contributed by atoms with van der Waals surface area (Å²) in [4.78, 5) is 0. The fourth-order valence-electron chi connectivity index (χ4n) is 9.54. The van der Waals surface area contributed by atoms with E-state index >= 15 is 0 Å². The second kappa shape index (κ2) is 8.96. The van der Waals surface area contributed by atoms with Gasteiger partial charge in [0.05, 0.1) is 12.2 Å². The molecule has 192 valence electrons. The number of hydrogen-bond acceptors (Lipinski definition) is 3. The van der Waals surface area contributed by atoms with Crippen LogP contribution in [-0.4, -0.2) is 41.8 Å². The van der Waals surface area contributed by atoms with Crippen molar-refractivity contribution in [2.45, 2.75) is 109 Å². The van der Waals surface area contributed by atoms with Crippen LogP contribution in [0.25, 0.3) is 0 Å². The van der Waals surface area contributed by atoms with E-state index in [1.165, 1.54) is 19.3 Å². The fraction of sp³-hybridized carbons (Fsp3) is 1.00. The first-order chi connectivity index (χ1) is 15.3. The summed E-state index contributed by atoms with van der Waals surface area (Å²) in [5.74, 6) is 3.08. The van der Waals surface area contributed by atoms with Crippen LogP contribution in [-0.2, 0) is 4.74 Å². The highest BCUT2D eigenvalue weighted by molar-refractivity contribution is 5.11. The number of fused-ring (bicyclic) bond motifs is 5. The Labute approximate surface area is 197 Å². The summed E-state index contributed by atoms with van der Waals surface area (Å²) >= 11 is 0. The Balaban J connectivity index is 1.49. The van der Waals surface area contributed by atoms with Gasteiger partial charge >= 0.3 is 6.18 Å². The van der Waals surface area contributed by atoms with Gasteiger partial charge in [-0.2, -0.15) is 13.2 Å². The van der Waals surface area contributed by atoms with Crippen LogP contribution in [0.3, 0.4) is 0 Å². The monoisotopic (exact) mass is 474 g/mol. The van der Waals surface area contributed by atoms with Crippen molar-refractivity contribution in [3.05, 3.63) is 0 Å². The maximum absolute atomic E-state index is 12.8. The van der Waals surface area contributed by atoms with Crippen LogP contribution in [0.4, 0.5) is 13.2 Å². The van der Waals surface area contributed by atoms with Crippen LogP contribution in [0.1, 0.15) is 91.4 Å². The molecule has 4 saturated carbocycles. The lowest BCUT2D eigenvalue weighted by Crippen LogP contribution is -2.58. The van der Waals surface area contributed by atoms with Crippen molar-refractivity contribution < 1.29 is 28.1 Å². The molecule has 4 aliphatic carbocycles. The molecule has 0 aromatic rings. The predicted octanol–water partition coefficient (Wildman–Crippen LogP) is 6.36. The van der Waals surface area contributed by atoms with Gasteiger partial charge in [-0.1, -0.05) is 13.8 Å². The standard InChI is InChI=1S/C27H45F3O3/c1-17(5-10-23(31)27(28,29)30)20-8-9-21-19-7-6-18-15-24(2,32)13-14-26(18,16-33-4)22(19)11-12-25(20,21)3/h17-23,31-32H,5-16H2,1-4H3/t17-,18?,19+,20?,21?,22?,23?,24+,25-,26-/m1/s1. The van der Waals surface area contributed by atoms with Crippen molar-refractivity contribution in [3.63, 3.8) is 0 Å². The van der Waals surface area contributed by atoms with Gasteiger partial charge < -0.3 is 14.9 Å². The van der Waals surface area contributed by atoms with Crippen LogP contribution < -0.4 is 0 Å². The Kier molecular flexibility index (Phi) is 6.99. The molecule has 6 heteroatoms. The van der Waals surface area contributed by atoms with Gasteiger partial charge in [0, 0.05) is 7.11 Å². The number of aliphatic hydroxyl groups excluding tert-OH is 1. The molecule has 0 amide bonds. The van der Waals surface area contributed by atoms with Crippen molar-refractivity contribution in [1.29, 1.82) is 0 Å². The van der Waals surface area contributed by atoms with Gasteiger partial charge in [0.15, 0.2) is 0 Å². The third kappa shape index (κ3) is 4.50. The minimum absolute atomic E-state index is 0.168. The first kappa shape index (κ1) is 25.8. The fourth-order valence-corrected chi connectivity index (χ4v) is 9.54. The SMILES string of the molecule is COC[C@]12CC[C@](C)(O)CC1CC[C@H]1C3CCC([C@H](C)CCC(O)C(F)(F)F)[C@@]3(C)CCC12. The average Bonchev–Trinajstić information content (AvgIpc) is 3.08. The van der Waals surface area contributed by atoms with E-state index in [9.17, 15) is 23.4 Å². The third-order valence-corrected chi connectivity index (χ3v) is 11.1. The second-order valence-corrected chi connectivity index (χ2v) is 12.9. The maximum Gasteiger partial charge on any atom is 0.414 e. The molecule has 33 heavy (non-hydrogen) atoms. The first-order valence-electron chi connectivity index (χ1n) is 13.3. The lowest BCUT2D eigenvalue weighted by Gasteiger charge is -2.63. The molecule has 0 spiro atoms. The summed E-state index contributed by atoms with van der Waals surface area (Å²) in [7, 11) is 1.82. The highest BCUT2D eigenvalue weighted by atomic mass is 19.4. The Hall–Kier alpha value is -0.330. The van der Waals surface area contributed by atoms with E-state index in [-0.39, 0.29) is 23.2 Å². The summed E-state index contributed by atoms with van der Waals surface area (Å²) in [5, 5.41) is 20.3. The third-order valence-electron chi connectivity index (χ3n) is 11.1. The number of halogens is 3. The van der Waals surface area contributed by atoms with Crippen molar-refractivity contribution in [2.24, 2.45) is 46.3 Å². The molecular formula is C27H45F3O3. The van der Waals surface area contributed by atoms with Gasteiger partial charge in [0.25, 0.3) is 0 Å². The van der Waals surface area contributed by atoms with Gasteiger partial charge in [0.2, 0.25) is 0 Å². The Morgan fingerprint density at radius 3 is 2.36 bits per heavy atom. The summed E-state index contributed by atoms with van der Waals surface area (Å²) in [5.41, 5.74) is -0.209. The zero-order valence-electron chi connectivity index (χ0n) is 21.0. The molecule has 0 aliphatic heterocycles. The predicted molar refractivity (Wildman–Crippen MR) is 123 cm³/mol. The minimum Gasteiger partial charge on any atom is -0.390 e. The smallest absolute Gasteiger partial charge is 0.390 e. The topological polar surface area (TPSA) is 49.7 Å². The van der Waals surface area contributed by atoms with Gasteiger partial charge in [-0.05, 0) is 124 Å². The molecule has 10 atom stereocenters. The zero-order valence-corrected chi connectivity index (χ0v) is 21.0. The Morgan fingerprint density at radius 2 is 1.70 bits per heavy atom. The molecule has 0 saturated heterocycles. The second-order valence-electron chi connectivity index (χ2n) is 12.9. The lowest BCUT2D eigenvalue weighted by atomic mass is 9.43. The highest BCUT2D eigenvalue weighted by Crippen LogP contribution is 2.69. The Morgan fingerprint density at radius 1 is 0.970 bits per heavy atom. The van der Waals surface area contributed by atoms with E-state index < -0.39 is 17.9 Å². The van der Waals surface area contributed by atoms with E-state index in [1.807, 2.05) is 14.0 Å². The van der Waals surface area contributed by atoms with Crippen LogP contribution in [0.15, 0.2) is 0 Å². The molecule has 2 N–H and O–H groups in total. The minimum atomic E-state index is -4.52. The van der Waals surface area contributed by atoms with E-state index in [2.05, 4.69) is 13.8 Å². The lowest BCUT2D eigenvalue weighted by molar-refractivity contribution is -0.206. The number of alkyl halides is 3. The molecule has 0 heterocycles. The molecule has 0 aromatic carbocycles. The molecule has 4 fully saturated rings. The summed E-state index contributed by atoms with van der Waals surface area (Å²) in [6.07, 6.45) is 3.27. The van der Waals surface area contributed by atoms with Crippen molar-refractivity contribution in [2.75, 3.05) is 13.7 Å². The molecule has 4 aliphatic rings. The van der Waals surface area contributed by atoms with Gasteiger partial charge in [-0.3, -0.25) is 0 Å². The summed E-state index contributed by atoms with van der Waals surface area (Å²) < 4.78 is 44.3. The van der Waals surface area contributed by atoms with Crippen LogP contribution in [0.5, 0.6) is 0 Å². The average molecular weight is 475 g/mol. The molecule has 0 aromatic heterocycles. The molecule has 4 rings (SSSR count). The molecular weight excluding hydrogens is 429 g/mol. The van der Waals surface area contributed by atoms with E-state index in [1.54, 1.807) is 0 Å². The molecule has 3 nitrogen and oxygen atoms in total. The van der Waals surface area contributed by atoms with Gasteiger partial charge in [-0.25, -0.2) is 0 Å². The summed E-state index contributed by atoms with van der Waals surface area (Å²) in [6, 6.07) is 0. The van der Waals surface area contributed by atoms with Crippen LogP contribution in [0, 0.1) is 46.3 Å². The summed E-state index contributed by atoms with van der Waals surface area (Å²) in [6.45, 7) is 7.31. The van der Waals surface area contributed by atoms with E-state index in [4.69, 9.17) is 4.74 Å². The van der Waals surface area contributed by atoms with Crippen molar-refractivity contribution in [1.82, 2.24) is 0 Å². The van der Waals surface area contributed by atoms with Crippen LogP contribution in [0.2, 0.25) is 0 Å². The molecule has 5 unspecified atom stereocenters. The zero-order chi connectivity index (χ0) is 24.2. The van der Waals surface area contributed by atoms with Gasteiger partial charge in [-0.15, -0.1) is 0 Å². The van der Waals surface area contributed by atoms with E-state index in [0.29, 0.717) is 36.0 Å². The quantitative estimate of drug-likeness (QED) is 0.471. The van der Waals surface area contributed by atoms with Crippen molar-refractivity contribution >= 4 is 0 Å². The number of aliphatic hydroxyl groups is 2. The maximum atomic E-state index is 12.8. The Bertz CT molecular complexity index is 695. The largest absolute Gasteiger partial charge is 0.414 e. The van der Waals surface area contributed by atoms with Gasteiger partial charge in [0.1, 0.15) is 6.10 Å². The van der Waals surface area contributed by atoms with Crippen LogP contribution >= 0.6 is 0 Å². The number of methoxy groups -OCH3 is 1. The van der Waals surface area contributed by atoms with Crippen molar-refractivity contribution in [3.8, 4) is 0 Å². The first-order valence-corrected chi connectivity index (χ1v) is 13.3. The normalized spacial score (nSPS) is 47.4. The highest BCUT2D eigenvalue weighted by Gasteiger charge is 2.62. The molecule has 0 bridgehead atoms. The number of hydrogen-bond donors (Lipinski definition) is 2. The molecule has 0 radical (unpaired) electrons.